The summed E-state index contributed by atoms with van der Waals surface area (Å²) in [5.41, 5.74) is -1.47. The average molecular weight is 284 g/mol. The van der Waals surface area contributed by atoms with Gasteiger partial charge in [-0.3, -0.25) is 0 Å². The highest BCUT2D eigenvalue weighted by Gasteiger charge is 2.31. The predicted octanol–water partition coefficient (Wildman–Crippen LogP) is 4.49. The molecule has 0 aliphatic heterocycles. The van der Waals surface area contributed by atoms with E-state index in [1.54, 1.807) is 6.07 Å². The molecule has 0 atom stereocenters. The lowest BCUT2D eigenvalue weighted by Gasteiger charge is -2.16. The topological polar surface area (TPSA) is 47.6 Å². The molecule has 0 bridgehead atoms. The van der Waals surface area contributed by atoms with E-state index in [1.165, 1.54) is 11.3 Å². The maximum absolute atomic E-state index is 12.8. The van der Waals surface area contributed by atoms with Crippen molar-refractivity contribution in [2.75, 3.05) is 0 Å². The lowest BCUT2D eigenvalue weighted by Crippen LogP contribution is -2.19. The Bertz CT molecular complexity index is 545. The Balaban J connectivity index is 2.84. The first-order valence-electron chi connectivity index (χ1n) is 5.50. The van der Waals surface area contributed by atoms with Gasteiger partial charge in [0, 0.05) is 22.6 Å². The predicted molar refractivity (Wildman–Crippen MR) is 66.0 cm³/mol. The number of aryl methyl sites for hydroxylation is 1. The third-order valence-corrected chi connectivity index (χ3v) is 3.68. The third kappa shape index (κ3) is 4.11. The summed E-state index contributed by atoms with van der Waals surface area (Å²) in [5, 5.41) is 18.2. The van der Waals surface area contributed by atoms with E-state index in [4.69, 9.17) is 10.5 Å². The van der Waals surface area contributed by atoms with Crippen molar-refractivity contribution in [1.29, 1.82) is 10.5 Å². The molecule has 0 radical (unpaired) electrons. The summed E-state index contributed by atoms with van der Waals surface area (Å²) in [5.74, 6) is -1.56. The van der Waals surface area contributed by atoms with Crippen molar-refractivity contribution in [3.63, 3.8) is 0 Å². The molecule has 0 unspecified atom stereocenters. The Hall–Kier alpha value is -1.79. The molecular weight excluding hydrogens is 273 g/mol. The quantitative estimate of drug-likeness (QED) is 0.799. The van der Waals surface area contributed by atoms with Crippen LogP contribution in [0.25, 0.3) is 0 Å². The van der Waals surface area contributed by atoms with Gasteiger partial charge in [0.1, 0.15) is 5.41 Å². The molecule has 1 aromatic rings. The molecule has 1 rings (SSSR count). The minimum Gasteiger partial charge on any atom is -0.206 e. The zero-order valence-electron chi connectivity index (χ0n) is 10.2. The summed E-state index contributed by atoms with van der Waals surface area (Å²) in [6, 6.07) is 7.29. The Morgan fingerprint density at radius 1 is 1.26 bits per heavy atom. The minimum atomic E-state index is -2.39. The molecule has 100 valence electrons. The number of nitriles is 2. The fourth-order valence-corrected chi connectivity index (χ4v) is 2.60. The molecule has 1 aromatic heterocycles. The molecule has 0 fully saturated rings. The van der Waals surface area contributed by atoms with Crippen molar-refractivity contribution < 1.29 is 13.2 Å². The monoisotopic (exact) mass is 284 g/mol. The van der Waals surface area contributed by atoms with E-state index in [0.29, 0.717) is 0 Å². The van der Waals surface area contributed by atoms with Gasteiger partial charge in [0.25, 0.3) is 0 Å². The van der Waals surface area contributed by atoms with Gasteiger partial charge in [0.2, 0.25) is 0 Å². The van der Waals surface area contributed by atoms with Crippen LogP contribution in [0.4, 0.5) is 13.2 Å². The molecule has 0 aliphatic carbocycles. The van der Waals surface area contributed by atoms with Gasteiger partial charge < -0.3 is 0 Å². The first kappa shape index (κ1) is 15.3. The van der Waals surface area contributed by atoms with E-state index in [9.17, 15) is 13.2 Å². The summed E-state index contributed by atoms with van der Waals surface area (Å²) >= 11 is 1.43. The second-order valence-electron chi connectivity index (χ2n) is 4.16. The molecule has 0 saturated carbocycles. The summed E-state index contributed by atoms with van der Waals surface area (Å²) in [7, 11) is 0. The molecule has 0 aromatic carbocycles. The smallest absolute Gasteiger partial charge is 0.206 e. The van der Waals surface area contributed by atoms with Gasteiger partial charge in [-0.1, -0.05) is 0 Å². The summed E-state index contributed by atoms with van der Waals surface area (Å²) < 4.78 is 36.7. The molecule has 0 aliphatic rings. The van der Waals surface area contributed by atoms with Gasteiger partial charge in [0.15, 0.2) is 5.83 Å². The van der Waals surface area contributed by atoms with Crippen molar-refractivity contribution in [3.05, 3.63) is 33.8 Å². The number of rotatable bonds is 5. The van der Waals surface area contributed by atoms with E-state index in [1.807, 2.05) is 25.1 Å². The van der Waals surface area contributed by atoms with Gasteiger partial charge in [-0.15, -0.1) is 11.3 Å². The van der Waals surface area contributed by atoms with Crippen molar-refractivity contribution in [2.24, 2.45) is 5.41 Å². The van der Waals surface area contributed by atoms with Crippen LogP contribution in [0.1, 0.15) is 22.6 Å². The second-order valence-corrected chi connectivity index (χ2v) is 5.53. The number of allylic oxidation sites excluding steroid dienone is 1. The molecule has 0 saturated heterocycles. The maximum Gasteiger partial charge on any atom is 0.301 e. The highest BCUT2D eigenvalue weighted by atomic mass is 32.1. The summed E-state index contributed by atoms with van der Waals surface area (Å²) in [6.45, 7) is 1.88. The van der Waals surface area contributed by atoms with Crippen molar-refractivity contribution in [3.8, 4) is 12.1 Å². The molecule has 0 amide bonds. The zero-order chi connectivity index (χ0) is 14.5. The lowest BCUT2D eigenvalue weighted by atomic mass is 9.82. The largest absolute Gasteiger partial charge is 0.301 e. The van der Waals surface area contributed by atoms with E-state index in [0.717, 1.165) is 9.75 Å². The number of nitrogens with zero attached hydrogens (tertiary/aromatic N) is 2. The zero-order valence-corrected chi connectivity index (χ0v) is 11.0. The maximum atomic E-state index is 12.8. The Morgan fingerprint density at radius 2 is 1.89 bits per heavy atom. The van der Waals surface area contributed by atoms with Gasteiger partial charge in [0.05, 0.1) is 12.1 Å². The molecular formula is C13H11F3N2S. The fourth-order valence-electron chi connectivity index (χ4n) is 1.60. The van der Waals surface area contributed by atoms with Crippen LogP contribution < -0.4 is 0 Å². The SMILES string of the molecule is Cc1ccc(CC(C#N)(C#N)CCC(F)=C(F)F)s1. The van der Waals surface area contributed by atoms with Crippen LogP contribution >= 0.6 is 11.3 Å². The number of hydrogen-bond acceptors (Lipinski definition) is 3. The van der Waals surface area contributed by atoms with Crippen LogP contribution in [-0.4, -0.2) is 0 Å². The van der Waals surface area contributed by atoms with Crippen molar-refractivity contribution >= 4 is 11.3 Å². The van der Waals surface area contributed by atoms with E-state index in [-0.39, 0.29) is 12.8 Å². The van der Waals surface area contributed by atoms with Crippen LogP contribution in [0.3, 0.4) is 0 Å². The molecule has 6 heteroatoms. The fraction of sp³-hybridized carbons (Fsp3) is 0.385. The van der Waals surface area contributed by atoms with Gasteiger partial charge in [-0.2, -0.15) is 19.3 Å². The van der Waals surface area contributed by atoms with Crippen LogP contribution in [0, 0.1) is 35.0 Å². The van der Waals surface area contributed by atoms with Crippen LogP contribution in [0.2, 0.25) is 0 Å². The molecule has 0 spiro atoms. The Labute approximate surface area is 113 Å². The first-order chi connectivity index (χ1) is 8.92. The van der Waals surface area contributed by atoms with Crippen molar-refractivity contribution in [2.45, 2.75) is 26.2 Å². The van der Waals surface area contributed by atoms with Crippen molar-refractivity contribution in [1.82, 2.24) is 0 Å². The number of thiophene rings is 1. The standard InChI is InChI=1S/C13H11F3N2S/c1-9-2-3-10(19-9)6-13(7-17,8-18)5-4-11(14)12(15)16/h2-3H,4-6H2,1H3. The number of hydrogen-bond donors (Lipinski definition) is 0. The van der Waals surface area contributed by atoms with Gasteiger partial charge in [-0.25, -0.2) is 4.39 Å². The first-order valence-corrected chi connectivity index (χ1v) is 6.31. The number of halogens is 3. The highest BCUT2D eigenvalue weighted by molar-refractivity contribution is 7.11. The van der Waals surface area contributed by atoms with E-state index < -0.39 is 23.7 Å². The molecule has 0 N–H and O–H groups in total. The summed E-state index contributed by atoms with van der Waals surface area (Å²) in [4.78, 5) is 1.84. The highest BCUT2D eigenvalue weighted by Crippen LogP contribution is 2.32. The molecule has 1 heterocycles. The minimum absolute atomic E-state index is 0.125. The normalized spacial score (nSPS) is 10.6. The molecule has 2 nitrogen and oxygen atoms in total. The van der Waals surface area contributed by atoms with Crippen LogP contribution in [-0.2, 0) is 6.42 Å². The Kier molecular flexibility index (Phi) is 5.14. The third-order valence-electron chi connectivity index (χ3n) is 2.68. The lowest BCUT2D eigenvalue weighted by molar-refractivity contribution is 0.355. The van der Waals surface area contributed by atoms with E-state index >= 15 is 0 Å². The van der Waals surface area contributed by atoms with Crippen LogP contribution in [0.15, 0.2) is 24.0 Å². The van der Waals surface area contributed by atoms with Gasteiger partial charge >= 0.3 is 6.08 Å². The van der Waals surface area contributed by atoms with Crippen LogP contribution in [0.5, 0.6) is 0 Å². The summed E-state index contributed by atoms with van der Waals surface area (Å²) in [6.07, 6.45) is -3.12. The van der Waals surface area contributed by atoms with E-state index in [2.05, 4.69) is 0 Å². The molecule has 19 heavy (non-hydrogen) atoms. The van der Waals surface area contributed by atoms with Gasteiger partial charge in [-0.05, 0) is 25.5 Å². The second kappa shape index (κ2) is 6.40. The average Bonchev–Trinajstić information content (AvgIpc) is 2.79. The Morgan fingerprint density at radius 3 is 2.32 bits per heavy atom.